The molecule has 0 saturated heterocycles. The van der Waals surface area contributed by atoms with E-state index in [-0.39, 0.29) is 6.42 Å². The predicted octanol–water partition coefficient (Wildman–Crippen LogP) is 0.845. The van der Waals surface area contributed by atoms with Gasteiger partial charge in [0.15, 0.2) is 23.3 Å². The number of benzene rings is 1. The minimum Gasteiger partial charge on any atom is -0.462 e. The van der Waals surface area contributed by atoms with E-state index in [1.54, 1.807) is 0 Å². The lowest BCUT2D eigenvalue weighted by Gasteiger charge is -2.10. The molecule has 0 saturated carbocycles. The molecule has 0 aliphatic heterocycles. The monoisotopic (exact) mass is 332 g/mol. The second-order valence-corrected chi connectivity index (χ2v) is 6.01. The average molecular weight is 332 g/mol. The molecule has 1 aromatic rings. The van der Waals surface area contributed by atoms with E-state index in [4.69, 9.17) is 14.4 Å². The fourth-order valence-corrected chi connectivity index (χ4v) is 1.95. The maximum atomic E-state index is 13.2. The number of carbonyl (C=O) groups excluding carboxylic acids is 1. The van der Waals surface area contributed by atoms with Crippen LogP contribution in [0.25, 0.3) is 0 Å². The van der Waals surface area contributed by atoms with E-state index in [1.165, 1.54) is 0 Å². The summed E-state index contributed by atoms with van der Waals surface area (Å²) in [5.41, 5.74) is -1.74. The molecule has 21 heavy (non-hydrogen) atoms. The highest BCUT2D eigenvalue weighted by Gasteiger charge is 2.31. The predicted molar refractivity (Wildman–Crippen MR) is 58.3 cm³/mol. The quantitative estimate of drug-likeness (QED) is 0.186. The molecule has 0 unspecified atom stereocenters. The van der Waals surface area contributed by atoms with Crippen molar-refractivity contribution in [2.24, 2.45) is 0 Å². The summed E-state index contributed by atoms with van der Waals surface area (Å²) in [7, 11) is -4.36. The molecule has 0 aliphatic carbocycles. The molecule has 0 fully saturated rings. The van der Waals surface area contributed by atoms with Gasteiger partial charge in [-0.25, -0.2) is 26.7 Å². The molecule has 11 heteroatoms. The molecule has 1 aromatic carbocycles. The van der Waals surface area contributed by atoms with Crippen LogP contribution in [-0.2, 0) is 4.74 Å². The Balaban J connectivity index is 2.85. The summed E-state index contributed by atoms with van der Waals surface area (Å²) in [6, 6.07) is -0.530. The van der Waals surface area contributed by atoms with E-state index >= 15 is 0 Å². The van der Waals surface area contributed by atoms with Crippen LogP contribution < -0.4 is 0 Å². The Kier molecular flexibility index (Phi) is 5.39. The van der Waals surface area contributed by atoms with Gasteiger partial charge in [-0.1, -0.05) is 0 Å². The molecule has 0 heterocycles. The van der Waals surface area contributed by atoms with Gasteiger partial charge >= 0.3 is 14.8 Å². The fraction of sp³-hybridized carbons (Fsp3) is 0.300. The molecule has 0 spiro atoms. The van der Waals surface area contributed by atoms with Gasteiger partial charge in [0.25, 0.3) is 0 Å². The Labute approximate surface area is 115 Å². The summed E-state index contributed by atoms with van der Waals surface area (Å²) in [5, 5.41) is 0. The highest BCUT2D eigenvalue weighted by molar-refractivity contribution is 6.56. The second-order valence-electron chi connectivity index (χ2n) is 3.96. The molecule has 0 radical (unpaired) electrons. The van der Waals surface area contributed by atoms with Crippen molar-refractivity contribution in [2.75, 3.05) is 6.61 Å². The third-order valence-corrected chi connectivity index (χ3v) is 3.33. The molecule has 1 rings (SSSR count). The maximum absolute atomic E-state index is 13.2. The van der Waals surface area contributed by atoms with Crippen molar-refractivity contribution in [3.63, 3.8) is 0 Å². The number of hydrogen-bond acceptors (Lipinski definition) is 5. The maximum Gasteiger partial charge on any atom is 0.492 e. The third-order valence-electron chi connectivity index (χ3n) is 2.30. The normalized spacial score (nSPS) is 11.6. The van der Waals surface area contributed by atoms with Gasteiger partial charge in [-0.05, 0) is 6.42 Å². The largest absolute Gasteiger partial charge is 0.492 e. The van der Waals surface area contributed by atoms with Crippen LogP contribution >= 0.6 is 0 Å². The first-order valence-electron chi connectivity index (χ1n) is 5.42. The zero-order chi connectivity index (χ0) is 16.4. The van der Waals surface area contributed by atoms with Gasteiger partial charge < -0.3 is 19.1 Å². The Hall–Kier alpha value is -1.56. The standard InChI is InChI=1S/C10H9F5O5Si/c11-5-4(6(12)8(14)9(15)7(5)13)10(16)20-2-1-3-21(17,18)19/h17-19H,1-3H2. The molecule has 0 atom stereocenters. The van der Waals surface area contributed by atoms with Crippen LogP contribution in [0.15, 0.2) is 0 Å². The van der Waals surface area contributed by atoms with E-state index < -0.39 is 62.1 Å². The molecule has 118 valence electrons. The number of halogens is 5. The molecule has 0 bridgehead atoms. The Morgan fingerprint density at radius 3 is 1.76 bits per heavy atom. The summed E-state index contributed by atoms with van der Waals surface area (Å²) in [6.07, 6.45) is -0.281. The third kappa shape index (κ3) is 4.20. The Bertz CT molecular complexity index is 531. The molecule has 0 amide bonds. The van der Waals surface area contributed by atoms with Crippen molar-refractivity contribution in [1.82, 2.24) is 0 Å². The van der Waals surface area contributed by atoms with Gasteiger partial charge in [0.1, 0.15) is 5.56 Å². The molecule has 0 aromatic heterocycles. The van der Waals surface area contributed by atoms with Crippen LogP contribution in [0.1, 0.15) is 16.8 Å². The first kappa shape index (κ1) is 17.5. The van der Waals surface area contributed by atoms with Crippen LogP contribution in [0, 0.1) is 29.1 Å². The van der Waals surface area contributed by atoms with Gasteiger partial charge in [0.2, 0.25) is 5.82 Å². The first-order chi connectivity index (χ1) is 9.56. The SMILES string of the molecule is O=C(OCCC[Si](O)(O)O)c1c(F)c(F)c(F)c(F)c1F. The van der Waals surface area contributed by atoms with Crippen LogP contribution in [0.5, 0.6) is 0 Å². The van der Waals surface area contributed by atoms with E-state index in [2.05, 4.69) is 4.74 Å². The van der Waals surface area contributed by atoms with Crippen LogP contribution in [0.4, 0.5) is 22.0 Å². The van der Waals surface area contributed by atoms with Crippen LogP contribution in [0.2, 0.25) is 6.04 Å². The molecule has 0 aliphatic rings. The lowest BCUT2D eigenvalue weighted by atomic mass is 10.1. The number of esters is 1. The zero-order valence-electron chi connectivity index (χ0n) is 10.2. The fourth-order valence-electron chi connectivity index (χ4n) is 1.33. The Morgan fingerprint density at radius 1 is 0.905 bits per heavy atom. The van der Waals surface area contributed by atoms with Crippen molar-refractivity contribution < 1.29 is 45.9 Å². The van der Waals surface area contributed by atoms with E-state index in [9.17, 15) is 26.7 Å². The summed E-state index contributed by atoms with van der Waals surface area (Å²) in [5.74, 6) is -13.4. The summed E-state index contributed by atoms with van der Waals surface area (Å²) < 4.78 is 69.1. The molecule has 5 nitrogen and oxygen atoms in total. The van der Waals surface area contributed by atoms with Crippen molar-refractivity contribution in [1.29, 1.82) is 0 Å². The zero-order valence-corrected chi connectivity index (χ0v) is 11.2. The highest BCUT2D eigenvalue weighted by Crippen LogP contribution is 2.23. The minimum atomic E-state index is -4.36. The van der Waals surface area contributed by atoms with E-state index in [0.717, 1.165) is 0 Å². The minimum absolute atomic E-state index is 0.281. The first-order valence-corrected chi connectivity index (χ1v) is 7.46. The van der Waals surface area contributed by atoms with E-state index in [1.807, 2.05) is 0 Å². The average Bonchev–Trinajstić information content (AvgIpc) is 2.38. The van der Waals surface area contributed by atoms with Crippen molar-refractivity contribution in [3.8, 4) is 0 Å². The molecular formula is C10H9F5O5Si. The number of carbonyl (C=O) groups is 1. The van der Waals surface area contributed by atoms with Crippen LogP contribution in [0.3, 0.4) is 0 Å². The number of ether oxygens (including phenoxy) is 1. The van der Waals surface area contributed by atoms with Gasteiger partial charge in [-0.15, -0.1) is 0 Å². The molecule has 3 N–H and O–H groups in total. The van der Waals surface area contributed by atoms with Gasteiger partial charge in [-0.2, -0.15) is 0 Å². The van der Waals surface area contributed by atoms with Crippen molar-refractivity contribution in [2.45, 2.75) is 12.5 Å². The topological polar surface area (TPSA) is 87.0 Å². The summed E-state index contributed by atoms with van der Waals surface area (Å²) in [4.78, 5) is 37.2. The molecular weight excluding hydrogens is 323 g/mol. The summed E-state index contributed by atoms with van der Waals surface area (Å²) in [6.45, 7) is -0.616. The van der Waals surface area contributed by atoms with Crippen LogP contribution in [-0.4, -0.2) is 35.8 Å². The van der Waals surface area contributed by atoms with Crippen molar-refractivity contribution >= 4 is 14.8 Å². The van der Waals surface area contributed by atoms with Gasteiger partial charge in [0, 0.05) is 6.04 Å². The second kappa shape index (κ2) is 6.47. The highest BCUT2D eigenvalue weighted by atomic mass is 28.4. The van der Waals surface area contributed by atoms with Gasteiger partial charge in [0.05, 0.1) is 6.61 Å². The summed E-state index contributed by atoms with van der Waals surface area (Å²) >= 11 is 0. The Morgan fingerprint density at radius 2 is 1.33 bits per heavy atom. The number of hydrogen-bond donors (Lipinski definition) is 3. The van der Waals surface area contributed by atoms with E-state index in [0.29, 0.717) is 0 Å². The smallest absolute Gasteiger partial charge is 0.462 e. The van der Waals surface area contributed by atoms with Gasteiger partial charge in [-0.3, -0.25) is 0 Å². The lowest BCUT2D eigenvalue weighted by molar-refractivity contribution is 0.0484. The number of rotatable bonds is 5. The van der Waals surface area contributed by atoms with Crippen molar-refractivity contribution in [3.05, 3.63) is 34.6 Å². The lowest BCUT2D eigenvalue weighted by Crippen LogP contribution is -2.34.